The van der Waals surface area contributed by atoms with Gasteiger partial charge in [0.15, 0.2) is 5.78 Å². The van der Waals surface area contributed by atoms with Crippen LogP contribution < -0.4 is 20.3 Å². The van der Waals surface area contributed by atoms with Gasteiger partial charge in [-0.1, -0.05) is 90.0 Å². The molecule has 0 radical (unpaired) electrons. The molecule has 0 bridgehead atoms. The number of H-pyrrole nitrogens is 1. The number of nitrogens with zero attached hydrogens (tertiary/aromatic N) is 2. The molecular weight excluding hydrogens is 671 g/mol. The highest BCUT2D eigenvalue weighted by molar-refractivity contribution is 6.39. The van der Waals surface area contributed by atoms with Crippen molar-refractivity contribution in [2.75, 3.05) is 20.8 Å². The molecule has 8 nitrogen and oxygen atoms in total. The SMILES string of the molecule is COc1nc(-c2cccc(-c3cccc(-c4ccc(CNCC5=CC=CC(=O)C5)c(OC)n4)c3Cl)c2Cl)ccc1CCCc1cccc(=O)[nH]1. The maximum Gasteiger partial charge on any atom is 0.248 e. The molecule has 0 aliphatic heterocycles. The van der Waals surface area contributed by atoms with Gasteiger partial charge in [0.25, 0.3) is 0 Å². The summed E-state index contributed by atoms with van der Waals surface area (Å²) in [6.45, 7) is 1.12. The van der Waals surface area contributed by atoms with Crippen LogP contribution in [0.2, 0.25) is 10.0 Å². The lowest BCUT2D eigenvalue weighted by molar-refractivity contribution is -0.114. The molecular formula is C40H36Cl2N4O4. The highest BCUT2D eigenvalue weighted by Crippen LogP contribution is 2.42. The van der Waals surface area contributed by atoms with E-state index in [1.807, 2.05) is 72.8 Å². The van der Waals surface area contributed by atoms with Gasteiger partial charge in [0.2, 0.25) is 17.3 Å². The van der Waals surface area contributed by atoms with Crippen molar-refractivity contribution < 1.29 is 14.3 Å². The van der Waals surface area contributed by atoms with Crippen LogP contribution in [0.5, 0.6) is 11.8 Å². The maximum atomic E-state index is 11.7. The number of aryl methyl sites for hydroxylation is 2. The highest BCUT2D eigenvalue weighted by Gasteiger charge is 2.19. The number of rotatable bonds is 13. The van der Waals surface area contributed by atoms with E-state index >= 15 is 0 Å². The van der Waals surface area contributed by atoms with Gasteiger partial charge >= 0.3 is 0 Å². The molecule has 0 unspecified atom stereocenters. The number of ether oxygens (including phenoxy) is 2. The number of carbonyl (C=O) groups excluding carboxylic acids is 1. The van der Waals surface area contributed by atoms with E-state index in [0.717, 1.165) is 63.9 Å². The first-order valence-electron chi connectivity index (χ1n) is 16.3. The number of hydrogen-bond donors (Lipinski definition) is 2. The molecule has 0 amide bonds. The first-order valence-corrected chi connectivity index (χ1v) is 17.0. The van der Waals surface area contributed by atoms with Crippen LogP contribution in [0.4, 0.5) is 0 Å². The second-order valence-corrected chi connectivity index (χ2v) is 12.6. The van der Waals surface area contributed by atoms with E-state index in [9.17, 15) is 9.59 Å². The molecule has 0 spiro atoms. The predicted molar refractivity (Wildman–Crippen MR) is 199 cm³/mol. The lowest BCUT2D eigenvalue weighted by Crippen LogP contribution is -2.19. The molecule has 50 heavy (non-hydrogen) atoms. The largest absolute Gasteiger partial charge is 0.481 e. The lowest BCUT2D eigenvalue weighted by Gasteiger charge is -2.16. The van der Waals surface area contributed by atoms with Crippen LogP contribution in [-0.2, 0) is 24.2 Å². The Morgan fingerprint density at radius 1 is 0.720 bits per heavy atom. The summed E-state index contributed by atoms with van der Waals surface area (Å²) in [5.41, 5.74) is 8.04. The summed E-state index contributed by atoms with van der Waals surface area (Å²) in [7, 11) is 3.20. The highest BCUT2D eigenvalue weighted by atomic mass is 35.5. The number of nitrogens with one attached hydrogen (secondary N) is 2. The van der Waals surface area contributed by atoms with Crippen LogP contribution in [-0.4, -0.2) is 41.5 Å². The number of aromatic amines is 1. The fourth-order valence-electron chi connectivity index (χ4n) is 6.01. The molecule has 0 atom stereocenters. The Morgan fingerprint density at radius 2 is 1.32 bits per heavy atom. The quantitative estimate of drug-likeness (QED) is 0.127. The van der Waals surface area contributed by atoms with E-state index in [4.69, 9.17) is 42.6 Å². The van der Waals surface area contributed by atoms with Crippen molar-refractivity contribution in [3.63, 3.8) is 0 Å². The summed E-state index contributed by atoms with van der Waals surface area (Å²) in [6.07, 6.45) is 8.06. The Hall–Kier alpha value is -5.02. The smallest absolute Gasteiger partial charge is 0.248 e. The fourth-order valence-corrected chi connectivity index (χ4v) is 6.66. The van der Waals surface area contributed by atoms with Crippen molar-refractivity contribution in [1.29, 1.82) is 0 Å². The summed E-state index contributed by atoms with van der Waals surface area (Å²) in [6, 6.07) is 24.6. The average Bonchev–Trinajstić information content (AvgIpc) is 3.12. The second-order valence-electron chi connectivity index (χ2n) is 11.9. The van der Waals surface area contributed by atoms with E-state index in [1.54, 1.807) is 32.4 Å². The number of aromatic nitrogens is 3. The molecule has 1 aliphatic rings. The molecule has 6 rings (SSSR count). The van der Waals surface area contributed by atoms with Crippen molar-refractivity contribution in [2.24, 2.45) is 0 Å². The van der Waals surface area contributed by atoms with Gasteiger partial charge in [-0.25, -0.2) is 9.97 Å². The van der Waals surface area contributed by atoms with E-state index in [0.29, 0.717) is 52.7 Å². The predicted octanol–water partition coefficient (Wildman–Crippen LogP) is 8.21. The molecule has 3 heterocycles. The number of carbonyl (C=O) groups is 1. The van der Waals surface area contributed by atoms with E-state index in [-0.39, 0.29) is 11.3 Å². The minimum Gasteiger partial charge on any atom is -0.481 e. The van der Waals surface area contributed by atoms with Gasteiger partial charge in [-0.2, -0.15) is 0 Å². The summed E-state index contributed by atoms with van der Waals surface area (Å²) < 4.78 is 11.3. The molecule has 2 aromatic carbocycles. The Kier molecular flexibility index (Phi) is 11.2. The third-order valence-corrected chi connectivity index (χ3v) is 9.32. The van der Waals surface area contributed by atoms with Gasteiger partial charge in [0.1, 0.15) is 0 Å². The first-order chi connectivity index (χ1) is 24.3. The van der Waals surface area contributed by atoms with Crippen molar-refractivity contribution >= 4 is 29.0 Å². The average molecular weight is 708 g/mol. The molecule has 3 aromatic heterocycles. The monoisotopic (exact) mass is 706 g/mol. The van der Waals surface area contributed by atoms with Gasteiger partial charge in [0, 0.05) is 64.7 Å². The Morgan fingerprint density at radius 3 is 1.94 bits per heavy atom. The summed E-state index contributed by atoms with van der Waals surface area (Å²) in [5.74, 6) is 1.13. The number of hydrogen-bond acceptors (Lipinski definition) is 7. The standard InChI is InChI=1S/C40H36Cl2N4O4/c1-49-39-26(9-4-10-28-11-5-17-36(48)44-28)18-20-34(45-39)32-15-6-13-30(37(32)41)31-14-7-16-33(38(31)42)35-21-19-27(40(46-35)50-2)24-43-23-25-8-3-12-29(47)22-25/h3,5-8,11-21,43H,4,9-10,22-24H2,1-2H3,(H,44,48). The normalized spacial score (nSPS) is 12.6. The van der Waals surface area contributed by atoms with Gasteiger partial charge < -0.3 is 19.8 Å². The van der Waals surface area contributed by atoms with Crippen LogP contribution in [0, 0.1) is 0 Å². The minimum atomic E-state index is -0.101. The Bertz CT molecular complexity index is 2160. The van der Waals surface area contributed by atoms with Crippen LogP contribution in [0.1, 0.15) is 29.7 Å². The lowest BCUT2D eigenvalue weighted by atomic mass is 9.98. The number of benzene rings is 2. The van der Waals surface area contributed by atoms with Crippen molar-refractivity contribution in [2.45, 2.75) is 32.2 Å². The van der Waals surface area contributed by atoms with Gasteiger partial charge in [-0.3, -0.25) is 9.59 Å². The zero-order valence-corrected chi connectivity index (χ0v) is 29.3. The molecule has 0 saturated carbocycles. The Balaban J connectivity index is 1.21. The number of allylic oxidation sites excluding steroid dienone is 3. The summed E-state index contributed by atoms with van der Waals surface area (Å²) in [5, 5.41) is 4.40. The number of ketones is 1. The maximum absolute atomic E-state index is 11.7. The zero-order chi connectivity index (χ0) is 35.0. The van der Waals surface area contributed by atoms with E-state index in [2.05, 4.69) is 10.3 Å². The molecule has 0 saturated heterocycles. The molecule has 2 N–H and O–H groups in total. The van der Waals surface area contributed by atoms with Crippen molar-refractivity contribution in [1.82, 2.24) is 20.3 Å². The van der Waals surface area contributed by atoms with Gasteiger partial charge in [-0.05, 0) is 49.1 Å². The van der Waals surface area contributed by atoms with E-state index < -0.39 is 0 Å². The minimum absolute atomic E-state index is 0.101. The molecule has 10 heteroatoms. The Labute approximate surface area is 300 Å². The number of methoxy groups -OCH3 is 2. The van der Waals surface area contributed by atoms with Crippen LogP contribution in [0.25, 0.3) is 33.6 Å². The summed E-state index contributed by atoms with van der Waals surface area (Å²) in [4.78, 5) is 35.8. The molecule has 1 aliphatic carbocycles. The van der Waals surface area contributed by atoms with Gasteiger partial charge in [-0.15, -0.1) is 0 Å². The fraction of sp³-hybridized carbons (Fsp3) is 0.200. The van der Waals surface area contributed by atoms with Crippen LogP contribution >= 0.6 is 23.2 Å². The number of pyridine rings is 3. The van der Waals surface area contributed by atoms with Crippen LogP contribution in [0.15, 0.2) is 107 Å². The van der Waals surface area contributed by atoms with Crippen LogP contribution in [0.3, 0.4) is 0 Å². The third kappa shape index (κ3) is 8.05. The van der Waals surface area contributed by atoms with E-state index in [1.165, 1.54) is 6.07 Å². The van der Waals surface area contributed by atoms with Gasteiger partial charge in [0.05, 0.1) is 35.7 Å². The molecule has 254 valence electrons. The second kappa shape index (κ2) is 16.1. The van der Waals surface area contributed by atoms with Crippen molar-refractivity contribution in [3.8, 4) is 45.4 Å². The third-order valence-electron chi connectivity index (χ3n) is 8.51. The summed E-state index contributed by atoms with van der Waals surface area (Å²) >= 11 is 14.2. The zero-order valence-electron chi connectivity index (χ0n) is 27.8. The molecule has 5 aromatic rings. The molecule has 0 fully saturated rings. The first kappa shape index (κ1) is 34.8. The topological polar surface area (TPSA) is 106 Å². The van der Waals surface area contributed by atoms with Crippen molar-refractivity contribution in [3.05, 3.63) is 140 Å². The number of halogens is 2.